The largest absolute Gasteiger partial charge is 0.398 e. The van der Waals surface area contributed by atoms with Crippen molar-refractivity contribution in [1.82, 2.24) is 0 Å². The molecule has 0 spiro atoms. The summed E-state index contributed by atoms with van der Waals surface area (Å²) in [6, 6.07) is 11.4. The fraction of sp³-hybridized carbons (Fsp3) is 0. The summed E-state index contributed by atoms with van der Waals surface area (Å²) in [5.74, 6) is 0. The van der Waals surface area contributed by atoms with Crippen molar-refractivity contribution in [1.29, 1.82) is 0 Å². The summed E-state index contributed by atoms with van der Waals surface area (Å²) in [7, 11) is -3.75. The quantitative estimate of drug-likeness (QED) is 0.604. The Morgan fingerprint density at radius 3 is 2.53 bits per heavy atom. The van der Waals surface area contributed by atoms with Gasteiger partial charge in [0.1, 0.15) is 4.90 Å². The normalized spacial score (nSPS) is 11.3. The van der Waals surface area contributed by atoms with Crippen molar-refractivity contribution in [2.24, 2.45) is 0 Å². The van der Waals surface area contributed by atoms with E-state index in [2.05, 4.69) is 27.3 Å². The van der Waals surface area contributed by atoms with E-state index >= 15 is 0 Å². The lowest BCUT2D eigenvalue weighted by molar-refractivity contribution is 0.601. The van der Waals surface area contributed by atoms with Gasteiger partial charge in [-0.15, -0.1) is 0 Å². The first kappa shape index (κ1) is 14.4. The monoisotopic (exact) mass is 408 g/mol. The topological polar surface area (TPSA) is 72.2 Å². The average molecular weight is 409 g/mol. The summed E-state index contributed by atoms with van der Waals surface area (Å²) < 4.78 is 27.8. The molecular formula is C12H10ClIN2O2S. The first-order valence-electron chi connectivity index (χ1n) is 5.22. The molecule has 3 N–H and O–H groups in total. The highest BCUT2D eigenvalue weighted by molar-refractivity contribution is 14.1. The molecule has 0 bridgehead atoms. The van der Waals surface area contributed by atoms with Crippen molar-refractivity contribution < 1.29 is 8.42 Å². The van der Waals surface area contributed by atoms with Crippen LogP contribution in [0.4, 0.5) is 11.4 Å². The van der Waals surface area contributed by atoms with E-state index in [0.717, 1.165) is 3.57 Å². The zero-order valence-electron chi connectivity index (χ0n) is 9.60. The Balaban J connectivity index is 2.44. The molecule has 0 aliphatic carbocycles. The van der Waals surface area contributed by atoms with Gasteiger partial charge >= 0.3 is 0 Å². The van der Waals surface area contributed by atoms with Crippen LogP contribution in [-0.2, 0) is 10.0 Å². The van der Waals surface area contributed by atoms with Gasteiger partial charge in [-0.1, -0.05) is 23.7 Å². The van der Waals surface area contributed by atoms with Crippen molar-refractivity contribution in [2.75, 3.05) is 10.5 Å². The van der Waals surface area contributed by atoms with Crippen LogP contribution in [0.5, 0.6) is 0 Å². The number of sulfonamides is 1. The SMILES string of the molecule is Nc1ccc(Cl)cc1S(=O)(=O)Nc1ccccc1I. The van der Waals surface area contributed by atoms with Gasteiger partial charge in [-0.05, 0) is 52.9 Å². The Hall–Kier alpha value is -0.990. The van der Waals surface area contributed by atoms with Gasteiger partial charge in [0.05, 0.1) is 11.4 Å². The highest BCUT2D eigenvalue weighted by atomic mass is 127. The van der Waals surface area contributed by atoms with E-state index < -0.39 is 10.0 Å². The molecule has 0 fully saturated rings. The van der Waals surface area contributed by atoms with Crippen LogP contribution in [0.1, 0.15) is 0 Å². The molecule has 0 heterocycles. The third-order valence-electron chi connectivity index (χ3n) is 2.38. The van der Waals surface area contributed by atoms with E-state index in [1.807, 2.05) is 6.07 Å². The molecular weight excluding hydrogens is 399 g/mol. The van der Waals surface area contributed by atoms with Crippen molar-refractivity contribution in [2.45, 2.75) is 4.90 Å². The Morgan fingerprint density at radius 1 is 1.16 bits per heavy atom. The number of para-hydroxylation sites is 1. The minimum absolute atomic E-state index is 0.0281. The van der Waals surface area contributed by atoms with Gasteiger partial charge in [-0.2, -0.15) is 0 Å². The van der Waals surface area contributed by atoms with Crippen LogP contribution in [0.3, 0.4) is 0 Å². The minimum atomic E-state index is -3.75. The third-order valence-corrected chi connectivity index (χ3v) is 4.98. The molecule has 2 rings (SSSR count). The van der Waals surface area contributed by atoms with E-state index in [4.69, 9.17) is 17.3 Å². The lowest BCUT2D eigenvalue weighted by atomic mass is 10.3. The third kappa shape index (κ3) is 3.31. The van der Waals surface area contributed by atoms with Crippen molar-refractivity contribution in [3.63, 3.8) is 0 Å². The number of rotatable bonds is 3. The number of halogens is 2. The van der Waals surface area contributed by atoms with Gasteiger partial charge in [0.15, 0.2) is 0 Å². The minimum Gasteiger partial charge on any atom is -0.398 e. The molecule has 0 aliphatic heterocycles. The Kier molecular flexibility index (Phi) is 4.22. The summed E-state index contributed by atoms with van der Waals surface area (Å²) in [4.78, 5) is -0.0281. The van der Waals surface area contributed by atoms with Crippen LogP contribution in [0.2, 0.25) is 5.02 Å². The first-order valence-corrected chi connectivity index (χ1v) is 8.16. The smallest absolute Gasteiger partial charge is 0.264 e. The number of nitrogens with two attached hydrogens (primary N) is 1. The highest BCUT2D eigenvalue weighted by Gasteiger charge is 2.18. The molecule has 0 saturated heterocycles. The predicted octanol–water partition coefficient (Wildman–Crippen LogP) is 3.33. The average Bonchev–Trinajstić information content (AvgIpc) is 2.35. The maximum atomic E-state index is 12.3. The second-order valence-electron chi connectivity index (χ2n) is 3.77. The number of nitrogen functional groups attached to an aromatic ring is 1. The number of nitrogens with one attached hydrogen (secondary N) is 1. The van der Waals surface area contributed by atoms with E-state index in [1.54, 1.807) is 24.3 Å². The number of hydrogen-bond donors (Lipinski definition) is 2. The maximum Gasteiger partial charge on any atom is 0.264 e. The van der Waals surface area contributed by atoms with E-state index in [-0.39, 0.29) is 10.6 Å². The van der Waals surface area contributed by atoms with Gasteiger partial charge in [0.25, 0.3) is 10.0 Å². The summed E-state index contributed by atoms with van der Waals surface area (Å²) in [5, 5.41) is 0.317. The summed E-state index contributed by atoms with van der Waals surface area (Å²) in [5.41, 5.74) is 6.35. The van der Waals surface area contributed by atoms with E-state index in [1.165, 1.54) is 12.1 Å². The van der Waals surface area contributed by atoms with Crippen molar-refractivity contribution in [3.05, 3.63) is 51.1 Å². The number of anilines is 2. The molecule has 0 aromatic heterocycles. The summed E-state index contributed by atoms with van der Waals surface area (Å²) >= 11 is 7.86. The zero-order valence-corrected chi connectivity index (χ0v) is 13.3. The molecule has 100 valence electrons. The lowest BCUT2D eigenvalue weighted by Crippen LogP contribution is -2.15. The van der Waals surface area contributed by atoms with Crippen LogP contribution in [0.25, 0.3) is 0 Å². The molecule has 0 unspecified atom stereocenters. The molecule has 7 heteroatoms. The second kappa shape index (κ2) is 5.56. The molecule has 0 aliphatic rings. The highest BCUT2D eigenvalue weighted by Crippen LogP contribution is 2.26. The van der Waals surface area contributed by atoms with Crippen molar-refractivity contribution in [3.8, 4) is 0 Å². The maximum absolute atomic E-state index is 12.3. The van der Waals surface area contributed by atoms with Crippen molar-refractivity contribution >= 4 is 55.6 Å². The van der Waals surface area contributed by atoms with E-state index in [0.29, 0.717) is 10.7 Å². The lowest BCUT2D eigenvalue weighted by Gasteiger charge is -2.11. The zero-order chi connectivity index (χ0) is 14.0. The number of benzene rings is 2. The standard InChI is InChI=1S/C12H10ClIN2O2S/c13-8-5-6-10(15)12(7-8)19(17,18)16-11-4-2-1-3-9(11)14/h1-7,16H,15H2. The molecule has 2 aromatic carbocycles. The molecule has 0 amide bonds. The molecule has 2 aromatic rings. The molecule has 0 saturated carbocycles. The van der Waals surface area contributed by atoms with Gasteiger partial charge in [-0.25, -0.2) is 8.42 Å². The number of hydrogen-bond acceptors (Lipinski definition) is 3. The first-order chi connectivity index (χ1) is 8.90. The molecule has 4 nitrogen and oxygen atoms in total. The Bertz CT molecular complexity index is 719. The predicted molar refractivity (Wildman–Crippen MR) is 85.8 cm³/mol. The summed E-state index contributed by atoms with van der Waals surface area (Å²) in [6.45, 7) is 0. The van der Waals surface area contributed by atoms with Crippen LogP contribution in [-0.4, -0.2) is 8.42 Å². The van der Waals surface area contributed by atoms with Crippen LogP contribution in [0.15, 0.2) is 47.4 Å². The van der Waals surface area contributed by atoms with Crippen LogP contribution < -0.4 is 10.5 Å². The van der Waals surface area contributed by atoms with Gasteiger partial charge < -0.3 is 5.73 Å². The van der Waals surface area contributed by atoms with Gasteiger partial charge in [-0.3, -0.25) is 4.72 Å². The summed E-state index contributed by atoms with van der Waals surface area (Å²) in [6.07, 6.45) is 0. The Morgan fingerprint density at radius 2 is 1.84 bits per heavy atom. The van der Waals surface area contributed by atoms with Crippen LogP contribution >= 0.6 is 34.2 Å². The molecule has 0 atom stereocenters. The van der Waals surface area contributed by atoms with Gasteiger partial charge in [0.2, 0.25) is 0 Å². The fourth-order valence-electron chi connectivity index (χ4n) is 1.48. The van der Waals surface area contributed by atoms with E-state index in [9.17, 15) is 8.42 Å². The van der Waals surface area contributed by atoms with Crippen LogP contribution in [0, 0.1) is 3.57 Å². The fourth-order valence-corrected chi connectivity index (χ4v) is 3.66. The van der Waals surface area contributed by atoms with Gasteiger partial charge in [0, 0.05) is 8.59 Å². The second-order valence-corrected chi connectivity index (χ2v) is 7.02. The molecule has 19 heavy (non-hydrogen) atoms. The Labute approximate surface area is 130 Å². The molecule has 0 radical (unpaired) electrons.